The van der Waals surface area contributed by atoms with Crippen LogP contribution in [0.15, 0.2) is 0 Å². The van der Waals surface area contributed by atoms with Crippen molar-refractivity contribution in [3.05, 3.63) is 0 Å². The van der Waals surface area contributed by atoms with Gasteiger partial charge in [-0.05, 0) is 6.54 Å². The second kappa shape index (κ2) is 3.74. The molecular weight excluding hydrogens is 128 g/mol. The van der Waals surface area contributed by atoms with Gasteiger partial charge < -0.3 is 10.1 Å². The van der Waals surface area contributed by atoms with Gasteiger partial charge in [-0.25, -0.2) is 0 Å². The van der Waals surface area contributed by atoms with Crippen LogP contribution in [0.25, 0.3) is 0 Å². The van der Waals surface area contributed by atoms with Crippen molar-refractivity contribution >= 4 is 0 Å². The number of halogens is 2. The van der Waals surface area contributed by atoms with Crippen LogP contribution in [-0.2, 0) is 4.74 Å². The first-order valence-electron chi connectivity index (χ1n) is 2.76. The van der Waals surface area contributed by atoms with Crippen molar-refractivity contribution in [1.29, 1.82) is 0 Å². The quantitative estimate of drug-likeness (QED) is 0.623. The Hall–Kier alpha value is -0.220. The molecule has 2 nitrogen and oxygen atoms in total. The lowest BCUT2D eigenvalue weighted by molar-refractivity contribution is -0.216. The SMILES string of the molecule is CCNCC(F)(F)OC. The minimum atomic E-state index is -3.02. The van der Waals surface area contributed by atoms with E-state index in [1.165, 1.54) is 0 Å². The maximum atomic E-state index is 12.1. The van der Waals surface area contributed by atoms with E-state index in [9.17, 15) is 8.78 Å². The molecule has 0 rings (SSSR count). The van der Waals surface area contributed by atoms with Crippen LogP contribution in [-0.4, -0.2) is 26.3 Å². The molecule has 0 aromatic rings. The van der Waals surface area contributed by atoms with Crippen LogP contribution < -0.4 is 5.32 Å². The second-order valence-electron chi connectivity index (χ2n) is 1.62. The second-order valence-corrected chi connectivity index (χ2v) is 1.62. The van der Waals surface area contributed by atoms with Crippen LogP contribution in [0.3, 0.4) is 0 Å². The molecule has 0 spiro atoms. The Morgan fingerprint density at radius 3 is 2.44 bits per heavy atom. The Labute approximate surface area is 53.2 Å². The number of alkyl halides is 2. The van der Waals surface area contributed by atoms with Crippen molar-refractivity contribution in [2.75, 3.05) is 20.2 Å². The van der Waals surface area contributed by atoms with Crippen LogP contribution in [0.5, 0.6) is 0 Å². The molecule has 0 fully saturated rings. The summed E-state index contributed by atoms with van der Waals surface area (Å²) in [5, 5.41) is 2.46. The molecule has 9 heavy (non-hydrogen) atoms. The molecule has 0 aliphatic heterocycles. The van der Waals surface area contributed by atoms with Crippen molar-refractivity contribution in [2.45, 2.75) is 13.0 Å². The number of nitrogens with one attached hydrogen (secondary N) is 1. The highest BCUT2D eigenvalue weighted by molar-refractivity contribution is 4.54. The lowest BCUT2D eigenvalue weighted by Gasteiger charge is -2.12. The molecule has 0 aliphatic rings. The normalized spacial score (nSPS) is 12.0. The van der Waals surface area contributed by atoms with Gasteiger partial charge in [0.05, 0.1) is 6.54 Å². The van der Waals surface area contributed by atoms with Crippen molar-refractivity contribution in [1.82, 2.24) is 5.32 Å². The smallest absolute Gasteiger partial charge is 0.323 e. The molecule has 1 N–H and O–H groups in total. The lowest BCUT2D eigenvalue weighted by atomic mass is 10.6. The number of rotatable bonds is 4. The summed E-state index contributed by atoms with van der Waals surface area (Å²) in [5.41, 5.74) is 0. The zero-order valence-corrected chi connectivity index (χ0v) is 5.58. The lowest BCUT2D eigenvalue weighted by Crippen LogP contribution is -2.33. The van der Waals surface area contributed by atoms with Gasteiger partial charge in [-0.3, -0.25) is 0 Å². The standard InChI is InChI=1S/C5H11F2NO/c1-3-8-4-5(6,7)9-2/h8H,3-4H2,1-2H3. The molecule has 56 valence electrons. The Kier molecular flexibility index (Phi) is 3.65. The van der Waals surface area contributed by atoms with E-state index in [4.69, 9.17) is 0 Å². The van der Waals surface area contributed by atoms with Gasteiger partial charge >= 0.3 is 6.11 Å². The first kappa shape index (κ1) is 8.78. The fourth-order valence-electron chi connectivity index (χ4n) is 0.343. The number of ether oxygens (including phenoxy) is 1. The average molecular weight is 139 g/mol. The van der Waals surface area contributed by atoms with E-state index >= 15 is 0 Å². The van der Waals surface area contributed by atoms with E-state index in [2.05, 4.69) is 10.1 Å². The van der Waals surface area contributed by atoms with Crippen molar-refractivity contribution < 1.29 is 13.5 Å². The predicted octanol–water partition coefficient (Wildman–Crippen LogP) is 0.835. The Morgan fingerprint density at radius 2 is 2.11 bits per heavy atom. The van der Waals surface area contributed by atoms with Gasteiger partial charge in [0.25, 0.3) is 0 Å². The van der Waals surface area contributed by atoms with Gasteiger partial charge in [0.2, 0.25) is 0 Å². The molecule has 0 saturated carbocycles. The first-order chi connectivity index (χ1) is 4.12. The van der Waals surface area contributed by atoms with E-state index in [0.29, 0.717) is 6.54 Å². The van der Waals surface area contributed by atoms with Gasteiger partial charge in [-0.15, -0.1) is 0 Å². The van der Waals surface area contributed by atoms with Gasteiger partial charge in [-0.1, -0.05) is 6.92 Å². The highest BCUT2D eigenvalue weighted by atomic mass is 19.3. The average Bonchev–Trinajstić information content (AvgIpc) is 1.84. The largest absolute Gasteiger partial charge is 0.367 e. The van der Waals surface area contributed by atoms with Crippen LogP contribution in [0.1, 0.15) is 6.92 Å². The molecule has 0 amide bonds. The van der Waals surface area contributed by atoms with Crippen LogP contribution >= 0.6 is 0 Å². The molecule has 0 heterocycles. The molecular formula is C5H11F2NO. The zero-order chi connectivity index (χ0) is 7.33. The minimum absolute atomic E-state index is 0.417. The maximum Gasteiger partial charge on any atom is 0.367 e. The number of hydrogen-bond donors (Lipinski definition) is 1. The number of methoxy groups -OCH3 is 1. The molecule has 0 radical (unpaired) electrons. The number of hydrogen-bond acceptors (Lipinski definition) is 2. The summed E-state index contributed by atoms with van der Waals surface area (Å²) in [4.78, 5) is 0. The van der Waals surface area contributed by atoms with Crippen molar-refractivity contribution in [2.24, 2.45) is 0 Å². The fourth-order valence-corrected chi connectivity index (χ4v) is 0.343. The predicted molar refractivity (Wildman–Crippen MR) is 30.5 cm³/mol. The van der Waals surface area contributed by atoms with E-state index in [1.807, 2.05) is 0 Å². The van der Waals surface area contributed by atoms with Gasteiger partial charge in [0.1, 0.15) is 0 Å². The van der Waals surface area contributed by atoms with Crippen molar-refractivity contribution in [3.8, 4) is 0 Å². The van der Waals surface area contributed by atoms with Crippen LogP contribution in [0.4, 0.5) is 8.78 Å². The summed E-state index contributed by atoms with van der Waals surface area (Å²) < 4.78 is 28.0. The zero-order valence-electron chi connectivity index (χ0n) is 5.58. The molecule has 4 heteroatoms. The third-order valence-electron chi connectivity index (χ3n) is 0.879. The van der Waals surface area contributed by atoms with Crippen LogP contribution in [0.2, 0.25) is 0 Å². The fraction of sp³-hybridized carbons (Fsp3) is 1.00. The molecule has 0 aromatic heterocycles. The first-order valence-corrected chi connectivity index (χ1v) is 2.76. The maximum absolute atomic E-state index is 12.1. The summed E-state index contributed by atoms with van der Waals surface area (Å²) in [6.07, 6.45) is -3.02. The Balaban J connectivity index is 3.33. The Morgan fingerprint density at radius 1 is 1.56 bits per heavy atom. The van der Waals surface area contributed by atoms with Gasteiger partial charge in [0, 0.05) is 7.11 Å². The highest BCUT2D eigenvalue weighted by Crippen LogP contribution is 2.10. The summed E-state index contributed by atoms with van der Waals surface area (Å²) >= 11 is 0. The Bertz CT molecular complexity index is 77.4. The van der Waals surface area contributed by atoms with E-state index in [0.717, 1.165) is 7.11 Å². The monoisotopic (exact) mass is 139 g/mol. The van der Waals surface area contributed by atoms with E-state index < -0.39 is 12.7 Å². The topological polar surface area (TPSA) is 21.3 Å². The summed E-state index contributed by atoms with van der Waals surface area (Å²) in [6.45, 7) is 1.87. The summed E-state index contributed by atoms with van der Waals surface area (Å²) in [5.74, 6) is 0. The third kappa shape index (κ3) is 4.29. The van der Waals surface area contributed by atoms with Gasteiger partial charge in [0.15, 0.2) is 0 Å². The summed E-state index contributed by atoms with van der Waals surface area (Å²) in [6, 6.07) is 0. The summed E-state index contributed by atoms with van der Waals surface area (Å²) in [7, 11) is 0.983. The minimum Gasteiger partial charge on any atom is -0.323 e. The van der Waals surface area contributed by atoms with Gasteiger partial charge in [-0.2, -0.15) is 8.78 Å². The molecule has 0 aromatic carbocycles. The molecule has 0 bridgehead atoms. The molecule has 0 aliphatic carbocycles. The van der Waals surface area contributed by atoms with E-state index in [-0.39, 0.29) is 0 Å². The van der Waals surface area contributed by atoms with Crippen LogP contribution in [0, 0.1) is 0 Å². The molecule has 0 saturated heterocycles. The highest BCUT2D eigenvalue weighted by Gasteiger charge is 2.26. The molecule has 0 unspecified atom stereocenters. The van der Waals surface area contributed by atoms with E-state index in [1.54, 1.807) is 6.92 Å². The molecule has 0 atom stereocenters. The third-order valence-corrected chi connectivity index (χ3v) is 0.879. The van der Waals surface area contributed by atoms with Crippen molar-refractivity contribution in [3.63, 3.8) is 0 Å². The number of likely N-dealkylation sites (N-methyl/N-ethyl adjacent to an activating group) is 1.